The van der Waals surface area contributed by atoms with Gasteiger partial charge in [-0.2, -0.15) is 0 Å². The fraction of sp³-hybridized carbons (Fsp3) is 0.167. The molecule has 88 valence electrons. The predicted molar refractivity (Wildman–Crippen MR) is 64.4 cm³/mol. The van der Waals surface area contributed by atoms with E-state index in [-0.39, 0.29) is 5.82 Å². The van der Waals surface area contributed by atoms with E-state index in [1.165, 1.54) is 12.1 Å². The van der Waals surface area contributed by atoms with E-state index < -0.39 is 0 Å². The lowest BCUT2D eigenvalue weighted by Crippen LogP contribution is -2.14. The smallest absolute Gasteiger partial charge is 0.229 e. The second kappa shape index (κ2) is 4.88. The van der Waals surface area contributed by atoms with Gasteiger partial charge >= 0.3 is 0 Å². The van der Waals surface area contributed by atoms with Gasteiger partial charge in [-0.15, -0.1) is 0 Å². The summed E-state index contributed by atoms with van der Waals surface area (Å²) in [5.41, 5.74) is 7.11. The summed E-state index contributed by atoms with van der Waals surface area (Å²) >= 11 is 0. The molecule has 0 amide bonds. The molecule has 0 fully saturated rings. The first-order chi connectivity index (χ1) is 8.20. The lowest BCUT2D eigenvalue weighted by molar-refractivity contribution is 0.628. The number of anilines is 2. The van der Waals surface area contributed by atoms with Crippen molar-refractivity contribution in [2.24, 2.45) is 5.73 Å². The molecule has 1 heterocycles. The highest BCUT2D eigenvalue weighted by Crippen LogP contribution is 2.19. The van der Waals surface area contributed by atoms with Crippen molar-refractivity contribution in [3.8, 4) is 0 Å². The minimum absolute atomic E-state index is 0.265. The topological polar surface area (TPSA) is 55.0 Å². The Labute approximate surface area is 98.9 Å². The zero-order valence-corrected chi connectivity index (χ0v) is 9.47. The zero-order valence-electron chi connectivity index (χ0n) is 9.47. The number of halogens is 1. The highest BCUT2D eigenvalue weighted by Gasteiger charge is 2.07. The van der Waals surface area contributed by atoms with Gasteiger partial charge in [0.25, 0.3) is 0 Å². The van der Waals surface area contributed by atoms with Crippen LogP contribution in [-0.4, -0.2) is 17.0 Å². The molecule has 0 radical (unpaired) electrons. The van der Waals surface area contributed by atoms with Crippen LogP contribution < -0.4 is 10.6 Å². The molecule has 5 heteroatoms. The van der Waals surface area contributed by atoms with Gasteiger partial charge in [0, 0.05) is 25.5 Å². The number of hydrogen-bond donors (Lipinski definition) is 1. The predicted octanol–water partition coefficient (Wildman–Crippen LogP) is 1.84. The van der Waals surface area contributed by atoms with Gasteiger partial charge in [-0.1, -0.05) is 0 Å². The van der Waals surface area contributed by atoms with Crippen molar-refractivity contribution in [3.63, 3.8) is 0 Å². The summed E-state index contributed by atoms with van der Waals surface area (Å²) in [4.78, 5) is 10.2. The Morgan fingerprint density at radius 3 is 2.59 bits per heavy atom. The van der Waals surface area contributed by atoms with Gasteiger partial charge in [-0.3, -0.25) is 0 Å². The first kappa shape index (κ1) is 11.5. The van der Waals surface area contributed by atoms with E-state index in [0.717, 1.165) is 11.4 Å². The standard InChI is InChI=1S/C12H13FN4/c1-17(11-4-2-9(13)3-5-11)12-15-7-6-10(8-14)16-12/h2-7H,8,14H2,1H3. The zero-order chi connectivity index (χ0) is 12.3. The number of nitrogens with two attached hydrogens (primary N) is 1. The number of aromatic nitrogens is 2. The highest BCUT2D eigenvalue weighted by atomic mass is 19.1. The molecule has 2 aromatic rings. The molecule has 2 rings (SSSR count). The van der Waals surface area contributed by atoms with E-state index in [9.17, 15) is 4.39 Å². The van der Waals surface area contributed by atoms with Crippen LogP contribution in [0.15, 0.2) is 36.5 Å². The maximum absolute atomic E-state index is 12.8. The molecule has 0 spiro atoms. The molecule has 4 nitrogen and oxygen atoms in total. The van der Waals surface area contributed by atoms with E-state index in [1.54, 1.807) is 29.3 Å². The first-order valence-corrected chi connectivity index (χ1v) is 5.22. The normalized spacial score (nSPS) is 10.3. The van der Waals surface area contributed by atoms with Crippen LogP contribution in [0.5, 0.6) is 0 Å². The molecule has 17 heavy (non-hydrogen) atoms. The molecule has 0 bridgehead atoms. The third kappa shape index (κ3) is 2.57. The van der Waals surface area contributed by atoms with E-state index in [2.05, 4.69) is 9.97 Å². The Balaban J connectivity index is 2.29. The van der Waals surface area contributed by atoms with Crippen molar-refractivity contribution in [2.45, 2.75) is 6.54 Å². The molecule has 0 saturated heterocycles. The van der Waals surface area contributed by atoms with Gasteiger partial charge in [0.15, 0.2) is 0 Å². The van der Waals surface area contributed by atoms with Crippen molar-refractivity contribution in [1.82, 2.24) is 9.97 Å². The van der Waals surface area contributed by atoms with E-state index >= 15 is 0 Å². The maximum atomic E-state index is 12.8. The molecule has 0 aliphatic carbocycles. The molecular formula is C12H13FN4. The molecule has 1 aromatic heterocycles. The van der Waals surface area contributed by atoms with Crippen molar-refractivity contribution < 1.29 is 4.39 Å². The average Bonchev–Trinajstić information content (AvgIpc) is 2.39. The van der Waals surface area contributed by atoms with Gasteiger partial charge in [0.2, 0.25) is 5.95 Å². The summed E-state index contributed by atoms with van der Waals surface area (Å²) in [5, 5.41) is 0. The molecule has 1 aromatic carbocycles. The van der Waals surface area contributed by atoms with Crippen LogP contribution in [0.1, 0.15) is 5.69 Å². The number of nitrogens with zero attached hydrogens (tertiary/aromatic N) is 3. The van der Waals surface area contributed by atoms with Crippen LogP contribution >= 0.6 is 0 Å². The van der Waals surface area contributed by atoms with Crippen molar-refractivity contribution >= 4 is 11.6 Å². The number of rotatable bonds is 3. The molecule has 0 aliphatic rings. The van der Waals surface area contributed by atoms with Crippen LogP contribution in [0.25, 0.3) is 0 Å². The summed E-state index contributed by atoms with van der Waals surface area (Å²) in [7, 11) is 1.82. The highest BCUT2D eigenvalue weighted by molar-refractivity contribution is 5.55. The maximum Gasteiger partial charge on any atom is 0.229 e. The number of benzene rings is 1. The molecular weight excluding hydrogens is 219 g/mol. The first-order valence-electron chi connectivity index (χ1n) is 5.22. The van der Waals surface area contributed by atoms with Crippen LogP contribution in [0.4, 0.5) is 16.0 Å². The molecule has 0 atom stereocenters. The van der Waals surface area contributed by atoms with Gasteiger partial charge in [-0.25, -0.2) is 14.4 Å². The Morgan fingerprint density at radius 2 is 1.94 bits per heavy atom. The molecule has 2 N–H and O–H groups in total. The summed E-state index contributed by atoms with van der Waals surface area (Å²) in [6.45, 7) is 0.368. The minimum atomic E-state index is -0.265. The van der Waals surface area contributed by atoms with Crippen LogP contribution in [-0.2, 0) is 6.54 Å². The van der Waals surface area contributed by atoms with Crippen molar-refractivity contribution in [1.29, 1.82) is 0 Å². The minimum Gasteiger partial charge on any atom is -0.325 e. The summed E-state index contributed by atoms with van der Waals surface area (Å²) in [5.74, 6) is 0.276. The molecule has 0 aliphatic heterocycles. The lowest BCUT2D eigenvalue weighted by atomic mass is 10.3. The quantitative estimate of drug-likeness (QED) is 0.877. The molecule has 0 saturated carbocycles. The fourth-order valence-electron chi connectivity index (χ4n) is 1.44. The second-order valence-corrected chi connectivity index (χ2v) is 3.59. The van der Waals surface area contributed by atoms with Crippen molar-refractivity contribution in [2.75, 3.05) is 11.9 Å². The Bertz CT molecular complexity index is 498. The van der Waals surface area contributed by atoms with Gasteiger partial charge in [0.05, 0.1) is 5.69 Å². The third-order valence-electron chi connectivity index (χ3n) is 2.42. The van der Waals surface area contributed by atoms with Crippen LogP contribution in [0.2, 0.25) is 0 Å². The summed E-state index contributed by atoms with van der Waals surface area (Å²) < 4.78 is 12.8. The number of hydrogen-bond acceptors (Lipinski definition) is 4. The van der Waals surface area contributed by atoms with E-state index in [0.29, 0.717) is 12.5 Å². The summed E-state index contributed by atoms with van der Waals surface area (Å²) in [6.07, 6.45) is 1.66. The second-order valence-electron chi connectivity index (χ2n) is 3.59. The van der Waals surface area contributed by atoms with Gasteiger partial charge in [0.1, 0.15) is 5.82 Å². The fourth-order valence-corrected chi connectivity index (χ4v) is 1.44. The van der Waals surface area contributed by atoms with Gasteiger partial charge in [-0.05, 0) is 30.3 Å². The van der Waals surface area contributed by atoms with Crippen LogP contribution in [0, 0.1) is 5.82 Å². The summed E-state index contributed by atoms with van der Waals surface area (Å²) in [6, 6.07) is 7.92. The largest absolute Gasteiger partial charge is 0.325 e. The molecule has 0 unspecified atom stereocenters. The Kier molecular flexibility index (Phi) is 3.30. The van der Waals surface area contributed by atoms with Crippen molar-refractivity contribution in [3.05, 3.63) is 48.0 Å². The van der Waals surface area contributed by atoms with Crippen LogP contribution in [0.3, 0.4) is 0 Å². The Hall–Kier alpha value is -2.01. The third-order valence-corrected chi connectivity index (χ3v) is 2.42. The van der Waals surface area contributed by atoms with E-state index in [1.807, 2.05) is 7.05 Å². The van der Waals surface area contributed by atoms with E-state index in [4.69, 9.17) is 5.73 Å². The SMILES string of the molecule is CN(c1ccc(F)cc1)c1nccc(CN)n1. The monoisotopic (exact) mass is 232 g/mol. The van der Waals surface area contributed by atoms with Gasteiger partial charge < -0.3 is 10.6 Å². The lowest BCUT2D eigenvalue weighted by Gasteiger charge is -2.17. The Morgan fingerprint density at radius 1 is 1.24 bits per heavy atom. The average molecular weight is 232 g/mol.